The van der Waals surface area contributed by atoms with Crippen LogP contribution in [0.1, 0.15) is 84.0 Å². The van der Waals surface area contributed by atoms with Gasteiger partial charge >= 0.3 is 5.97 Å². The molecule has 1 rings (SSSR count). The summed E-state index contributed by atoms with van der Waals surface area (Å²) in [7, 11) is 0. The Kier molecular flexibility index (Phi) is 15.0. The largest absolute Gasteiger partial charge is 0.477 e. The molecule has 1 aliphatic carbocycles. The van der Waals surface area contributed by atoms with E-state index >= 15 is 0 Å². The van der Waals surface area contributed by atoms with E-state index in [2.05, 4.69) is 6.92 Å². The number of carboxylic acids is 1. The maximum Gasteiger partial charge on any atom is 0.361 e. The van der Waals surface area contributed by atoms with Gasteiger partial charge in [-0.2, -0.15) is 0 Å². The van der Waals surface area contributed by atoms with Crippen molar-refractivity contribution in [2.24, 2.45) is 11.8 Å². The molecule has 0 radical (unpaired) electrons. The van der Waals surface area contributed by atoms with E-state index in [1.807, 2.05) is 0 Å². The summed E-state index contributed by atoms with van der Waals surface area (Å²) in [5, 5.41) is 17.7. The number of carboxylic acid groups (broad SMARTS) is 1. The van der Waals surface area contributed by atoms with Gasteiger partial charge in [0.15, 0.2) is 6.79 Å². The predicted octanol–water partition coefficient (Wildman–Crippen LogP) is 3.91. The van der Waals surface area contributed by atoms with Gasteiger partial charge in [-0.3, -0.25) is 4.79 Å². The van der Waals surface area contributed by atoms with Crippen molar-refractivity contribution in [3.05, 3.63) is 0 Å². The zero-order valence-electron chi connectivity index (χ0n) is 18.0. The topological polar surface area (TPSA) is 102 Å². The summed E-state index contributed by atoms with van der Waals surface area (Å²) in [5.74, 6) is -0.116. The minimum Gasteiger partial charge on any atom is -0.477 e. The van der Waals surface area contributed by atoms with Gasteiger partial charge < -0.3 is 24.4 Å². The fourth-order valence-electron chi connectivity index (χ4n) is 3.99. The number of ether oxygens (including phenoxy) is 3. The average Bonchev–Trinajstić information content (AvgIpc) is 3.05. The summed E-state index contributed by atoms with van der Waals surface area (Å²) in [6, 6.07) is 0. The molecule has 0 aromatic heterocycles. The fourth-order valence-corrected chi connectivity index (χ4v) is 3.99. The lowest BCUT2D eigenvalue weighted by Gasteiger charge is -2.19. The maximum absolute atomic E-state index is 12.2. The first-order valence-electron chi connectivity index (χ1n) is 11.3. The Balaban J connectivity index is 2.18. The molecule has 1 aliphatic rings. The number of hydrogen-bond acceptors (Lipinski definition) is 6. The number of unbranched alkanes of at least 4 members (excludes halogenated alkanes) is 6. The van der Waals surface area contributed by atoms with Crippen molar-refractivity contribution in [3.8, 4) is 0 Å². The number of carbonyl (C=O) groups is 2. The van der Waals surface area contributed by atoms with Crippen LogP contribution >= 0.6 is 0 Å². The van der Waals surface area contributed by atoms with E-state index in [0.717, 1.165) is 25.7 Å². The van der Waals surface area contributed by atoms with Crippen LogP contribution in [-0.2, 0) is 23.8 Å². The normalized spacial score (nSPS) is 20.3. The summed E-state index contributed by atoms with van der Waals surface area (Å²) in [5.41, 5.74) is 0. The first-order chi connectivity index (χ1) is 14.1. The monoisotopic (exact) mass is 416 g/mol. The molecule has 0 saturated heterocycles. The number of rotatable bonds is 19. The summed E-state index contributed by atoms with van der Waals surface area (Å²) >= 11 is 0. The van der Waals surface area contributed by atoms with Gasteiger partial charge in [0.1, 0.15) is 5.78 Å². The highest BCUT2D eigenvalue weighted by Crippen LogP contribution is 2.36. The standard InChI is InChI=1S/C22H40O7/c1-2-3-4-5-6-7-10-18-12-13-20(24)19(18)11-8-9-15-28-22(21(25)26)29-17-27-16-14-23/h18-19,22-23H,2-17H2,1H3,(H,25,26)/t18-,19+,22?/m0/s1. The number of aliphatic hydroxyl groups is 1. The van der Waals surface area contributed by atoms with Crippen LogP contribution in [-0.4, -0.2) is 54.9 Å². The molecule has 29 heavy (non-hydrogen) atoms. The second kappa shape index (κ2) is 16.7. The lowest BCUT2D eigenvalue weighted by atomic mass is 9.86. The molecule has 0 aromatic rings. The molecule has 1 saturated carbocycles. The summed E-state index contributed by atoms with van der Waals surface area (Å²) < 4.78 is 15.1. The fraction of sp³-hybridized carbons (Fsp3) is 0.909. The summed E-state index contributed by atoms with van der Waals surface area (Å²) in [6.45, 7) is 2.18. The van der Waals surface area contributed by atoms with Gasteiger partial charge in [-0.15, -0.1) is 0 Å². The van der Waals surface area contributed by atoms with Crippen molar-refractivity contribution >= 4 is 11.8 Å². The summed E-state index contributed by atoms with van der Waals surface area (Å²) in [6.07, 6.45) is 11.6. The maximum atomic E-state index is 12.2. The van der Waals surface area contributed by atoms with Gasteiger partial charge in [-0.25, -0.2) is 4.79 Å². The van der Waals surface area contributed by atoms with Gasteiger partial charge in [0, 0.05) is 12.3 Å². The third-order valence-electron chi connectivity index (χ3n) is 5.59. The number of aliphatic hydroxyl groups excluding tert-OH is 1. The Morgan fingerprint density at radius 1 is 1.03 bits per heavy atom. The van der Waals surface area contributed by atoms with Crippen LogP contribution in [0.5, 0.6) is 0 Å². The third-order valence-corrected chi connectivity index (χ3v) is 5.59. The molecule has 0 heterocycles. The Morgan fingerprint density at radius 3 is 2.48 bits per heavy atom. The second-order valence-corrected chi connectivity index (χ2v) is 7.88. The second-order valence-electron chi connectivity index (χ2n) is 7.88. The van der Waals surface area contributed by atoms with E-state index in [0.29, 0.717) is 24.5 Å². The Hall–Kier alpha value is -1.02. The number of hydrogen-bond donors (Lipinski definition) is 2. The molecular formula is C22H40O7. The van der Waals surface area contributed by atoms with Crippen LogP contribution in [0.25, 0.3) is 0 Å². The quantitative estimate of drug-likeness (QED) is 0.243. The van der Waals surface area contributed by atoms with Gasteiger partial charge in [0.05, 0.1) is 19.8 Å². The number of carbonyl (C=O) groups excluding carboxylic acids is 1. The SMILES string of the molecule is CCCCCCCC[C@H]1CCC(=O)[C@@H]1CCCCOC(OCOCCO)C(=O)O. The molecule has 170 valence electrons. The number of Topliss-reactive ketones (excluding diaryl/α,β-unsaturated/α-hetero) is 1. The molecule has 0 spiro atoms. The zero-order valence-corrected chi connectivity index (χ0v) is 18.0. The van der Waals surface area contributed by atoms with Crippen molar-refractivity contribution < 1.29 is 34.0 Å². The molecule has 0 aromatic carbocycles. The van der Waals surface area contributed by atoms with Crippen LogP contribution in [0.2, 0.25) is 0 Å². The van der Waals surface area contributed by atoms with E-state index in [1.165, 1.54) is 38.5 Å². The van der Waals surface area contributed by atoms with Gasteiger partial charge in [-0.1, -0.05) is 51.9 Å². The third kappa shape index (κ3) is 11.7. The van der Waals surface area contributed by atoms with E-state index in [-0.39, 0.29) is 32.5 Å². The number of aliphatic carboxylic acids is 1. The molecular weight excluding hydrogens is 376 g/mol. The first kappa shape index (κ1) is 26.0. The smallest absolute Gasteiger partial charge is 0.361 e. The molecule has 0 amide bonds. The van der Waals surface area contributed by atoms with Crippen molar-refractivity contribution in [2.75, 3.05) is 26.6 Å². The molecule has 0 bridgehead atoms. The van der Waals surface area contributed by atoms with E-state index in [4.69, 9.17) is 24.4 Å². The van der Waals surface area contributed by atoms with Crippen LogP contribution in [0.15, 0.2) is 0 Å². The molecule has 2 N–H and O–H groups in total. The minimum absolute atomic E-state index is 0.0850. The number of ketones is 1. The van der Waals surface area contributed by atoms with E-state index < -0.39 is 12.3 Å². The van der Waals surface area contributed by atoms with Gasteiger partial charge in [-0.05, 0) is 31.6 Å². The van der Waals surface area contributed by atoms with Crippen molar-refractivity contribution in [1.82, 2.24) is 0 Å². The molecule has 7 heteroatoms. The zero-order chi connectivity index (χ0) is 21.3. The lowest BCUT2D eigenvalue weighted by molar-refractivity contribution is -0.214. The molecule has 1 fully saturated rings. The van der Waals surface area contributed by atoms with Crippen LogP contribution in [0.3, 0.4) is 0 Å². The molecule has 3 atom stereocenters. The van der Waals surface area contributed by atoms with Crippen LogP contribution in [0.4, 0.5) is 0 Å². The molecule has 7 nitrogen and oxygen atoms in total. The highest BCUT2D eigenvalue weighted by atomic mass is 16.8. The molecule has 0 aliphatic heterocycles. The highest BCUT2D eigenvalue weighted by Gasteiger charge is 2.33. The average molecular weight is 417 g/mol. The van der Waals surface area contributed by atoms with Crippen LogP contribution in [0, 0.1) is 11.8 Å². The Labute approximate surface area is 175 Å². The van der Waals surface area contributed by atoms with Gasteiger partial charge in [0.2, 0.25) is 0 Å². The minimum atomic E-state index is -1.37. The predicted molar refractivity (Wildman–Crippen MR) is 109 cm³/mol. The summed E-state index contributed by atoms with van der Waals surface area (Å²) in [4.78, 5) is 23.3. The Morgan fingerprint density at radius 2 is 1.76 bits per heavy atom. The van der Waals surface area contributed by atoms with Crippen molar-refractivity contribution in [3.63, 3.8) is 0 Å². The van der Waals surface area contributed by atoms with Crippen LogP contribution < -0.4 is 0 Å². The Bertz CT molecular complexity index is 441. The van der Waals surface area contributed by atoms with E-state index in [9.17, 15) is 9.59 Å². The molecule has 1 unspecified atom stereocenters. The highest BCUT2D eigenvalue weighted by molar-refractivity contribution is 5.83. The first-order valence-corrected chi connectivity index (χ1v) is 11.3. The van der Waals surface area contributed by atoms with Crippen molar-refractivity contribution in [2.45, 2.75) is 90.3 Å². The lowest BCUT2D eigenvalue weighted by Crippen LogP contribution is -2.29. The van der Waals surface area contributed by atoms with E-state index in [1.54, 1.807) is 0 Å². The van der Waals surface area contributed by atoms with Crippen molar-refractivity contribution in [1.29, 1.82) is 0 Å². The van der Waals surface area contributed by atoms with Gasteiger partial charge in [0.25, 0.3) is 6.29 Å².